The lowest BCUT2D eigenvalue weighted by Crippen LogP contribution is -2.72. The molecule has 6 heteroatoms. The van der Waals surface area contributed by atoms with Gasteiger partial charge in [0.1, 0.15) is 11.5 Å². The van der Waals surface area contributed by atoms with Crippen LogP contribution in [0.2, 0.25) is 0 Å². The standard InChI is InChI=1S/C23H27N5O/c1-17(2)20-21(28-11-7-6-10-19(28)24-20)25-22(29)27-15-23(16-27)13-26(14-23)12-18-8-4-3-5-9-18/h3-11,17H,12-16H2,1-2H3,(H,25,29). The van der Waals surface area contributed by atoms with E-state index in [-0.39, 0.29) is 17.4 Å². The van der Waals surface area contributed by atoms with Crippen LogP contribution in [0.3, 0.4) is 0 Å². The van der Waals surface area contributed by atoms with Crippen molar-refractivity contribution in [2.75, 3.05) is 31.5 Å². The van der Waals surface area contributed by atoms with Crippen LogP contribution in [0.15, 0.2) is 54.7 Å². The molecule has 6 nitrogen and oxygen atoms in total. The Kier molecular flexibility index (Phi) is 4.32. The topological polar surface area (TPSA) is 52.9 Å². The van der Waals surface area contributed by atoms with Gasteiger partial charge >= 0.3 is 6.03 Å². The maximum absolute atomic E-state index is 12.9. The van der Waals surface area contributed by atoms with Crippen molar-refractivity contribution < 1.29 is 4.79 Å². The van der Waals surface area contributed by atoms with Crippen molar-refractivity contribution in [2.45, 2.75) is 26.3 Å². The Bertz CT molecular complexity index is 1030. The van der Waals surface area contributed by atoms with E-state index in [0.717, 1.165) is 49.9 Å². The van der Waals surface area contributed by atoms with Gasteiger partial charge in [0.15, 0.2) is 0 Å². The molecule has 2 saturated heterocycles. The van der Waals surface area contributed by atoms with Crippen LogP contribution in [0.25, 0.3) is 5.65 Å². The lowest BCUT2D eigenvalue weighted by atomic mass is 9.73. The number of amides is 2. The molecular weight excluding hydrogens is 362 g/mol. The van der Waals surface area contributed by atoms with Gasteiger partial charge in [-0.2, -0.15) is 0 Å². The summed E-state index contributed by atoms with van der Waals surface area (Å²) in [7, 11) is 0. The third kappa shape index (κ3) is 3.27. The molecule has 2 aliphatic rings. The number of aromatic nitrogens is 2. The molecule has 150 valence electrons. The van der Waals surface area contributed by atoms with Crippen molar-refractivity contribution in [1.29, 1.82) is 0 Å². The second-order valence-corrected chi connectivity index (χ2v) is 8.85. The molecule has 0 aliphatic carbocycles. The Morgan fingerprint density at radius 2 is 1.79 bits per heavy atom. The predicted molar refractivity (Wildman–Crippen MR) is 114 cm³/mol. The fourth-order valence-corrected chi connectivity index (χ4v) is 4.68. The van der Waals surface area contributed by atoms with Crippen molar-refractivity contribution in [3.8, 4) is 0 Å². The van der Waals surface area contributed by atoms with Gasteiger partial charge in [-0.15, -0.1) is 0 Å². The zero-order valence-corrected chi connectivity index (χ0v) is 17.0. The predicted octanol–water partition coefficient (Wildman–Crippen LogP) is 3.81. The molecule has 1 spiro atoms. The zero-order valence-electron chi connectivity index (χ0n) is 17.0. The fraction of sp³-hybridized carbons (Fsp3) is 0.391. The van der Waals surface area contributed by atoms with Crippen LogP contribution < -0.4 is 5.32 Å². The summed E-state index contributed by atoms with van der Waals surface area (Å²) in [6.45, 7) is 9.00. The van der Waals surface area contributed by atoms with Gasteiger partial charge in [-0.1, -0.05) is 50.2 Å². The molecule has 0 atom stereocenters. The molecule has 2 fully saturated rings. The summed E-state index contributed by atoms with van der Waals surface area (Å²) in [4.78, 5) is 22.0. The van der Waals surface area contributed by atoms with Crippen molar-refractivity contribution in [3.63, 3.8) is 0 Å². The fourth-order valence-electron chi connectivity index (χ4n) is 4.68. The van der Waals surface area contributed by atoms with Gasteiger partial charge in [-0.25, -0.2) is 9.78 Å². The van der Waals surface area contributed by atoms with Crippen molar-refractivity contribution in [2.24, 2.45) is 5.41 Å². The van der Waals surface area contributed by atoms with E-state index in [0.29, 0.717) is 0 Å². The van der Waals surface area contributed by atoms with Crippen molar-refractivity contribution in [1.82, 2.24) is 19.2 Å². The molecule has 1 aromatic carbocycles. The molecule has 1 N–H and O–H groups in total. The minimum atomic E-state index is -0.0234. The van der Waals surface area contributed by atoms with E-state index in [1.807, 2.05) is 33.7 Å². The highest BCUT2D eigenvalue weighted by Crippen LogP contribution is 2.40. The molecular formula is C23H27N5O. The largest absolute Gasteiger partial charge is 0.323 e. The van der Waals surface area contributed by atoms with E-state index >= 15 is 0 Å². The van der Waals surface area contributed by atoms with Crippen LogP contribution >= 0.6 is 0 Å². The molecule has 29 heavy (non-hydrogen) atoms. The Morgan fingerprint density at radius 3 is 2.52 bits per heavy atom. The van der Waals surface area contributed by atoms with Gasteiger partial charge in [0.2, 0.25) is 0 Å². The monoisotopic (exact) mass is 389 g/mol. The number of hydrogen-bond acceptors (Lipinski definition) is 3. The minimum Gasteiger partial charge on any atom is -0.323 e. The van der Waals surface area contributed by atoms with Crippen molar-refractivity contribution in [3.05, 3.63) is 66.0 Å². The molecule has 0 bridgehead atoms. The molecule has 0 radical (unpaired) electrons. The third-order valence-corrected chi connectivity index (χ3v) is 6.04. The third-order valence-electron chi connectivity index (χ3n) is 6.04. The van der Waals surface area contributed by atoms with Gasteiger partial charge in [0.25, 0.3) is 0 Å². The van der Waals surface area contributed by atoms with Crippen LogP contribution in [-0.2, 0) is 6.54 Å². The summed E-state index contributed by atoms with van der Waals surface area (Å²) < 4.78 is 1.97. The van der Waals surface area contributed by atoms with Gasteiger partial charge < -0.3 is 4.90 Å². The number of likely N-dealkylation sites (tertiary alicyclic amines) is 2. The minimum absolute atomic E-state index is 0.0234. The van der Waals surface area contributed by atoms with Crippen LogP contribution in [-0.4, -0.2) is 51.4 Å². The summed E-state index contributed by atoms with van der Waals surface area (Å²) in [6.07, 6.45) is 1.95. The van der Waals surface area contributed by atoms with E-state index in [9.17, 15) is 4.79 Å². The van der Waals surface area contributed by atoms with Gasteiger partial charge in [-0.05, 0) is 23.6 Å². The van der Waals surface area contributed by atoms with Gasteiger partial charge in [0.05, 0.1) is 5.69 Å². The second-order valence-electron chi connectivity index (χ2n) is 8.85. The summed E-state index contributed by atoms with van der Waals surface area (Å²) in [5, 5.41) is 3.13. The van der Waals surface area contributed by atoms with Gasteiger partial charge in [-0.3, -0.25) is 14.6 Å². The molecule has 0 unspecified atom stereocenters. The summed E-state index contributed by atoms with van der Waals surface area (Å²) in [5.41, 5.74) is 3.43. The number of carbonyl (C=O) groups excluding carboxylic acids is 1. The Hall–Kier alpha value is -2.86. The highest BCUT2D eigenvalue weighted by molar-refractivity contribution is 5.90. The molecule has 4 heterocycles. The first-order chi connectivity index (χ1) is 14.0. The average molecular weight is 390 g/mol. The second kappa shape index (κ2) is 6.88. The molecule has 2 aliphatic heterocycles. The average Bonchev–Trinajstić information content (AvgIpc) is 3.02. The zero-order chi connectivity index (χ0) is 20.0. The van der Waals surface area contributed by atoms with Crippen LogP contribution in [0.1, 0.15) is 31.0 Å². The van der Waals surface area contributed by atoms with E-state index in [4.69, 9.17) is 4.98 Å². The maximum atomic E-state index is 12.9. The number of imidazole rings is 1. The molecule has 5 rings (SSSR count). The van der Waals surface area contributed by atoms with Crippen LogP contribution in [0, 0.1) is 5.41 Å². The SMILES string of the molecule is CC(C)c1nc2ccccn2c1NC(=O)N1CC2(CN(Cc3ccccc3)C2)C1. The number of pyridine rings is 1. The number of carbonyl (C=O) groups is 1. The summed E-state index contributed by atoms with van der Waals surface area (Å²) in [6, 6.07) is 16.5. The van der Waals surface area contributed by atoms with Gasteiger partial charge in [0, 0.05) is 44.3 Å². The number of nitrogens with one attached hydrogen (secondary N) is 1. The van der Waals surface area contributed by atoms with E-state index < -0.39 is 0 Å². The number of nitrogens with zero attached hydrogens (tertiary/aromatic N) is 4. The van der Waals surface area contributed by atoms with E-state index in [1.165, 1.54) is 5.56 Å². The number of rotatable bonds is 4. The van der Waals surface area contributed by atoms with Crippen molar-refractivity contribution >= 4 is 17.5 Å². The highest BCUT2D eigenvalue weighted by Gasteiger charge is 2.53. The summed E-state index contributed by atoms with van der Waals surface area (Å²) >= 11 is 0. The number of fused-ring (bicyclic) bond motifs is 1. The Morgan fingerprint density at radius 1 is 1.07 bits per heavy atom. The first kappa shape index (κ1) is 18.2. The molecule has 2 amide bonds. The highest BCUT2D eigenvalue weighted by atomic mass is 16.2. The van der Waals surface area contributed by atoms with Crippen LogP contribution in [0.5, 0.6) is 0 Å². The summed E-state index contributed by atoms with van der Waals surface area (Å²) in [5.74, 6) is 1.03. The Labute approximate surface area is 171 Å². The lowest BCUT2D eigenvalue weighted by Gasteiger charge is -2.60. The molecule has 2 aromatic heterocycles. The van der Waals surface area contributed by atoms with E-state index in [2.05, 4.69) is 54.4 Å². The first-order valence-electron chi connectivity index (χ1n) is 10.3. The smallest absolute Gasteiger partial charge is 0.323 e. The number of hydrogen-bond donors (Lipinski definition) is 1. The Balaban J connectivity index is 1.20. The first-order valence-corrected chi connectivity index (χ1v) is 10.3. The maximum Gasteiger partial charge on any atom is 0.323 e. The molecule has 3 aromatic rings. The number of urea groups is 1. The quantitative estimate of drug-likeness (QED) is 0.738. The lowest BCUT2D eigenvalue weighted by molar-refractivity contribution is -0.0964. The van der Waals surface area contributed by atoms with Crippen LogP contribution in [0.4, 0.5) is 10.6 Å². The normalized spacial score (nSPS) is 18.1. The van der Waals surface area contributed by atoms with E-state index in [1.54, 1.807) is 0 Å². The molecule has 0 saturated carbocycles. The number of benzene rings is 1. The number of anilines is 1.